The predicted molar refractivity (Wildman–Crippen MR) is 89.3 cm³/mol. The number of nitrogens with one attached hydrogen (secondary N) is 1. The first-order chi connectivity index (χ1) is 12.2. The molecule has 0 atom stereocenters. The molecule has 0 fully saturated rings. The average Bonchev–Trinajstić information content (AvgIpc) is 3.23. The molecule has 2 aromatic carbocycles. The molecular weight excluding hydrogens is 326 g/mol. The van der Waals surface area contributed by atoms with Crippen LogP contribution in [0.25, 0.3) is 22.2 Å². The van der Waals surface area contributed by atoms with E-state index < -0.39 is 0 Å². The lowest BCUT2D eigenvalue weighted by molar-refractivity contribution is 0.415. The van der Waals surface area contributed by atoms with E-state index in [1.165, 1.54) is 0 Å². The van der Waals surface area contributed by atoms with E-state index in [2.05, 4.69) is 25.7 Å². The van der Waals surface area contributed by atoms with Crippen LogP contribution >= 0.6 is 0 Å². The molecule has 1 N–H and O–H groups in total. The van der Waals surface area contributed by atoms with Crippen molar-refractivity contribution in [3.63, 3.8) is 0 Å². The highest BCUT2D eigenvalue weighted by atomic mass is 16.5. The van der Waals surface area contributed by atoms with E-state index in [4.69, 9.17) is 18.3 Å². The van der Waals surface area contributed by atoms with Crippen LogP contribution in [0.15, 0.2) is 55.6 Å². The quantitative estimate of drug-likeness (QED) is 0.431. The van der Waals surface area contributed by atoms with Gasteiger partial charge in [-0.05, 0) is 24.3 Å². The molecule has 0 radical (unpaired) electrons. The molecule has 9 nitrogen and oxygen atoms in total. The van der Waals surface area contributed by atoms with Crippen molar-refractivity contribution < 1.29 is 18.3 Å². The lowest BCUT2D eigenvalue weighted by Gasteiger charge is -1.95. The van der Waals surface area contributed by atoms with Gasteiger partial charge >= 0.3 is 12.0 Å². The molecule has 4 rings (SSSR count). The fourth-order valence-corrected chi connectivity index (χ4v) is 2.26. The Hall–Kier alpha value is -3.62. The number of oxazole rings is 2. The van der Waals surface area contributed by atoms with E-state index >= 15 is 0 Å². The van der Waals surface area contributed by atoms with Gasteiger partial charge in [-0.25, -0.2) is 5.43 Å². The van der Waals surface area contributed by atoms with Crippen molar-refractivity contribution in [1.82, 2.24) is 9.97 Å². The van der Waals surface area contributed by atoms with Crippen molar-refractivity contribution in [2.24, 2.45) is 10.3 Å². The highest BCUT2D eigenvalue weighted by molar-refractivity contribution is 5.76. The van der Waals surface area contributed by atoms with Crippen LogP contribution in [0.3, 0.4) is 0 Å². The van der Waals surface area contributed by atoms with Gasteiger partial charge in [0.25, 0.3) is 0 Å². The number of hydrogen-bond acceptors (Lipinski definition) is 8. The lowest BCUT2D eigenvalue weighted by Crippen LogP contribution is -1.85. The van der Waals surface area contributed by atoms with E-state index in [9.17, 15) is 0 Å². The van der Waals surface area contributed by atoms with Crippen LogP contribution in [0.1, 0.15) is 0 Å². The molecule has 0 bridgehead atoms. The number of hydrogen-bond donors (Lipinski definition) is 1. The van der Waals surface area contributed by atoms with Crippen molar-refractivity contribution in [3.05, 3.63) is 36.4 Å². The molecule has 0 saturated carbocycles. The highest BCUT2D eigenvalue weighted by Gasteiger charge is 2.08. The van der Waals surface area contributed by atoms with Crippen molar-refractivity contribution in [3.8, 4) is 11.5 Å². The molecular formula is C16H13N5O4. The van der Waals surface area contributed by atoms with Crippen LogP contribution in [0, 0.1) is 0 Å². The van der Waals surface area contributed by atoms with Gasteiger partial charge in [0, 0.05) is 12.1 Å². The first-order valence-electron chi connectivity index (χ1n) is 7.31. The maximum absolute atomic E-state index is 5.50. The molecule has 9 heteroatoms. The van der Waals surface area contributed by atoms with Gasteiger partial charge in [-0.15, -0.1) is 0 Å². The first-order valence-corrected chi connectivity index (χ1v) is 7.31. The van der Waals surface area contributed by atoms with Crippen molar-refractivity contribution in [1.29, 1.82) is 0 Å². The zero-order valence-electron chi connectivity index (χ0n) is 13.4. The standard InChI is InChI=1S/C16H13N5O4/c1-22-9-3-5-13-11(7-9)17-15(24-13)19-21-20-16-18-12-8-10(23-2)4-6-14(12)25-16/h3-8H,1-2H3,(H,17,18,19,20). The Morgan fingerprint density at radius 3 is 2.20 bits per heavy atom. The fourth-order valence-electron chi connectivity index (χ4n) is 2.26. The minimum Gasteiger partial charge on any atom is -0.497 e. The average molecular weight is 339 g/mol. The minimum atomic E-state index is 0.105. The number of methoxy groups -OCH3 is 2. The second kappa shape index (κ2) is 6.11. The molecule has 25 heavy (non-hydrogen) atoms. The van der Waals surface area contributed by atoms with Gasteiger partial charge in [0.2, 0.25) is 0 Å². The van der Waals surface area contributed by atoms with Gasteiger partial charge < -0.3 is 18.3 Å². The van der Waals surface area contributed by atoms with Crippen LogP contribution in [0.4, 0.5) is 12.0 Å². The number of anilines is 1. The lowest BCUT2D eigenvalue weighted by atomic mass is 10.3. The Kier molecular flexibility index (Phi) is 3.65. The summed E-state index contributed by atoms with van der Waals surface area (Å²) in [5.41, 5.74) is 5.06. The van der Waals surface area contributed by atoms with Gasteiger partial charge in [0.15, 0.2) is 11.2 Å². The van der Waals surface area contributed by atoms with Crippen molar-refractivity contribution >= 4 is 34.2 Å². The molecule has 4 aromatic rings. The van der Waals surface area contributed by atoms with Crippen LogP contribution in [-0.2, 0) is 0 Å². The number of aromatic nitrogens is 2. The summed E-state index contributed by atoms with van der Waals surface area (Å²) >= 11 is 0. The first kappa shape index (κ1) is 14.9. The van der Waals surface area contributed by atoms with Gasteiger partial charge in [0.05, 0.1) is 14.2 Å². The van der Waals surface area contributed by atoms with Crippen LogP contribution in [-0.4, -0.2) is 24.2 Å². The number of rotatable bonds is 5. The second-order valence-corrected chi connectivity index (χ2v) is 4.99. The van der Waals surface area contributed by atoms with Gasteiger partial charge in [-0.3, -0.25) is 0 Å². The maximum atomic E-state index is 5.50. The zero-order chi connectivity index (χ0) is 17.2. The zero-order valence-corrected chi connectivity index (χ0v) is 13.4. The Morgan fingerprint density at radius 2 is 1.52 bits per heavy atom. The molecule has 0 unspecified atom stereocenters. The van der Waals surface area contributed by atoms with Crippen molar-refractivity contribution in [2.45, 2.75) is 0 Å². The summed E-state index contributed by atoms with van der Waals surface area (Å²) in [5, 5.41) is 7.66. The second-order valence-electron chi connectivity index (χ2n) is 4.99. The fraction of sp³-hybridized carbons (Fsp3) is 0.125. The summed E-state index contributed by atoms with van der Waals surface area (Å²) in [4.78, 5) is 8.44. The summed E-state index contributed by atoms with van der Waals surface area (Å²) in [6.45, 7) is 0. The maximum Gasteiger partial charge on any atom is 0.343 e. The third-order valence-electron chi connectivity index (χ3n) is 3.46. The Balaban J connectivity index is 1.52. The summed E-state index contributed by atoms with van der Waals surface area (Å²) in [5.74, 6) is 1.38. The van der Waals surface area contributed by atoms with E-state index in [1.807, 2.05) is 0 Å². The monoisotopic (exact) mass is 339 g/mol. The topological polar surface area (TPSA) is 107 Å². The minimum absolute atomic E-state index is 0.105. The third-order valence-corrected chi connectivity index (χ3v) is 3.46. The van der Waals surface area contributed by atoms with E-state index in [-0.39, 0.29) is 12.0 Å². The smallest absolute Gasteiger partial charge is 0.343 e. The summed E-state index contributed by atoms with van der Waals surface area (Å²) in [6.07, 6.45) is 0. The summed E-state index contributed by atoms with van der Waals surface area (Å²) in [7, 11) is 3.17. The molecule has 0 amide bonds. The number of ether oxygens (including phenoxy) is 2. The number of fused-ring (bicyclic) bond motifs is 2. The summed E-state index contributed by atoms with van der Waals surface area (Å²) in [6, 6.07) is 10.9. The molecule has 0 aliphatic rings. The summed E-state index contributed by atoms with van der Waals surface area (Å²) < 4.78 is 21.2. The number of benzene rings is 2. The molecule has 0 aliphatic carbocycles. The Bertz CT molecular complexity index is 1070. The Labute approximate surface area is 141 Å². The van der Waals surface area contributed by atoms with Crippen LogP contribution in [0.2, 0.25) is 0 Å². The van der Waals surface area contributed by atoms with E-state index in [1.54, 1.807) is 50.6 Å². The van der Waals surface area contributed by atoms with Gasteiger partial charge in [-0.1, -0.05) is 10.3 Å². The highest BCUT2D eigenvalue weighted by Crippen LogP contribution is 2.26. The predicted octanol–water partition coefficient (Wildman–Crippen LogP) is 4.10. The molecule has 0 aliphatic heterocycles. The molecule has 2 aromatic heterocycles. The molecule has 0 saturated heterocycles. The number of nitrogens with zero attached hydrogens (tertiary/aromatic N) is 4. The molecule has 126 valence electrons. The van der Waals surface area contributed by atoms with Gasteiger partial charge in [-0.2, -0.15) is 9.97 Å². The van der Waals surface area contributed by atoms with E-state index in [0.717, 1.165) is 0 Å². The van der Waals surface area contributed by atoms with Crippen LogP contribution in [0.5, 0.6) is 11.5 Å². The van der Waals surface area contributed by atoms with E-state index in [0.29, 0.717) is 33.7 Å². The SMILES string of the molecule is COc1ccc2oc(N=NNc3nc4cc(OC)ccc4o3)nc2c1. The molecule has 0 spiro atoms. The largest absolute Gasteiger partial charge is 0.497 e. The third kappa shape index (κ3) is 2.94. The van der Waals surface area contributed by atoms with Crippen LogP contribution < -0.4 is 14.9 Å². The normalized spacial score (nSPS) is 11.4. The van der Waals surface area contributed by atoms with Gasteiger partial charge in [0.1, 0.15) is 22.5 Å². The van der Waals surface area contributed by atoms with Crippen molar-refractivity contribution in [2.75, 3.05) is 19.6 Å². The Morgan fingerprint density at radius 1 is 0.880 bits per heavy atom. The molecule has 2 heterocycles.